The van der Waals surface area contributed by atoms with Crippen molar-refractivity contribution in [2.45, 2.75) is 50.7 Å². The van der Waals surface area contributed by atoms with Crippen LogP contribution in [0.15, 0.2) is 0 Å². The summed E-state index contributed by atoms with van der Waals surface area (Å²) in [6.45, 7) is 4.62. The Labute approximate surface area is 99.5 Å². The zero-order chi connectivity index (χ0) is 11.2. The molecule has 2 aliphatic heterocycles. The van der Waals surface area contributed by atoms with E-state index in [1.165, 1.54) is 51.6 Å². The van der Waals surface area contributed by atoms with Crippen LogP contribution >= 0.6 is 0 Å². The zero-order valence-electron chi connectivity index (χ0n) is 10.6. The van der Waals surface area contributed by atoms with Crippen LogP contribution in [0.2, 0.25) is 0 Å². The summed E-state index contributed by atoms with van der Waals surface area (Å²) < 4.78 is 5.74. The van der Waals surface area contributed by atoms with Crippen molar-refractivity contribution in [1.29, 1.82) is 0 Å². The van der Waals surface area contributed by atoms with Gasteiger partial charge in [-0.25, -0.2) is 0 Å². The highest BCUT2D eigenvalue weighted by Crippen LogP contribution is 2.15. The predicted octanol–water partition coefficient (Wildman–Crippen LogP) is 1.63. The highest BCUT2D eigenvalue weighted by atomic mass is 16.5. The molecule has 3 nitrogen and oxygen atoms in total. The Morgan fingerprint density at radius 1 is 1.19 bits per heavy atom. The molecule has 2 heterocycles. The van der Waals surface area contributed by atoms with Gasteiger partial charge in [0.2, 0.25) is 0 Å². The van der Waals surface area contributed by atoms with E-state index in [-0.39, 0.29) is 0 Å². The van der Waals surface area contributed by atoms with Crippen molar-refractivity contribution in [3.63, 3.8) is 0 Å². The van der Waals surface area contributed by atoms with Crippen LogP contribution < -0.4 is 5.32 Å². The van der Waals surface area contributed by atoms with Crippen LogP contribution in [-0.2, 0) is 4.74 Å². The normalized spacial score (nSPS) is 29.4. The molecule has 1 unspecified atom stereocenters. The molecule has 0 aliphatic carbocycles. The number of likely N-dealkylation sites (tertiary alicyclic amines) is 1. The summed E-state index contributed by atoms with van der Waals surface area (Å²) in [6, 6.07) is 0.750. The Hall–Kier alpha value is -0.120. The number of hydrogen-bond donors (Lipinski definition) is 1. The molecule has 0 aromatic carbocycles. The molecule has 3 heteroatoms. The van der Waals surface area contributed by atoms with E-state index in [0.717, 1.165) is 19.2 Å². The minimum absolute atomic E-state index is 0.535. The molecule has 2 fully saturated rings. The van der Waals surface area contributed by atoms with Crippen LogP contribution in [0.25, 0.3) is 0 Å². The number of nitrogens with zero attached hydrogens (tertiary/aromatic N) is 1. The third-order valence-electron chi connectivity index (χ3n) is 3.89. The van der Waals surface area contributed by atoms with Gasteiger partial charge in [0.1, 0.15) is 0 Å². The SMILES string of the molecule is CN1CCC(NCCC2CCCCO2)CC1. The Balaban J connectivity index is 1.53. The molecule has 0 bridgehead atoms. The summed E-state index contributed by atoms with van der Waals surface area (Å²) in [7, 11) is 2.21. The Morgan fingerprint density at radius 2 is 2.00 bits per heavy atom. The van der Waals surface area contributed by atoms with E-state index < -0.39 is 0 Å². The number of rotatable bonds is 4. The lowest BCUT2D eigenvalue weighted by Gasteiger charge is -2.30. The monoisotopic (exact) mass is 226 g/mol. The van der Waals surface area contributed by atoms with Crippen molar-refractivity contribution in [1.82, 2.24) is 10.2 Å². The summed E-state index contributed by atoms with van der Waals surface area (Å²) in [5.41, 5.74) is 0. The molecule has 0 spiro atoms. The minimum atomic E-state index is 0.535. The van der Waals surface area contributed by atoms with Gasteiger partial charge in [-0.2, -0.15) is 0 Å². The van der Waals surface area contributed by atoms with E-state index in [1.54, 1.807) is 0 Å². The topological polar surface area (TPSA) is 24.5 Å². The fourth-order valence-electron chi connectivity index (χ4n) is 2.70. The molecule has 0 aromatic rings. The second kappa shape index (κ2) is 6.58. The van der Waals surface area contributed by atoms with Gasteiger partial charge in [-0.1, -0.05) is 0 Å². The molecule has 94 valence electrons. The van der Waals surface area contributed by atoms with Gasteiger partial charge < -0.3 is 15.0 Å². The van der Waals surface area contributed by atoms with E-state index in [0.29, 0.717) is 6.10 Å². The maximum atomic E-state index is 5.74. The zero-order valence-corrected chi connectivity index (χ0v) is 10.6. The van der Waals surface area contributed by atoms with E-state index in [4.69, 9.17) is 4.74 Å². The predicted molar refractivity (Wildman–Crippen MR) is 66.7 cm³/mol. The van der Waals surface area contributed by atoms with Gasteiger partial charge in [-0.3, -0.25) is 0 Å². The summed E-state index contributed by atoms with van der Waals surface area (Å²) in [5.74, 6) is 0. The van der Waals surface area contributed by atoms with Crippen LogP contribution in [0.3, 0.4) is 0 Å². The smallest absolute Gasteiger partial charge is 0.0587 e. The maximum Gasteiger partial charge on any atom is 0.0587 e. The molecule has 1 atom stereocenters. The van der Waals surface area contributed by atoms with Crippen LogP contribution in [-0.4, -0.2) is 50.3 Å². The summed E-state index contributed by atoms with van der Waals surface area (Å²) >= 11 is 0. The molecule has 2 saturated heterocycles. The molecule has 16 heavy (non-hydrogen) atoms. The average Bonchev–Trinajstić information content (AvgIpc) is 2.33. The summed E-state index contributed by atoms with van der Waals surface area (Å²) in [4.78, 5) is 2.42. The van der Waals surface area contributed by atoms with E-state index in [9.17, 15) is 0 Å². The molecule has 0 amide bonds. The first-order valence-electron chi connectivity index (χ1n) is 6.88. The molecular formula is C13H26N2O. The number of nitrogens with one attached hydrogen (secondary N) is 1. The van der Waals surface area contributed by atoms with Gasteiger partial charge in [0, 0.05) is 12.6 Å². The van der Waals surface area contributed by atoms with Crippen LogP contribution in [0, 0.1) is 0 Å². The molecule has 1 N–H and O–H groups in total. The maximum absolute atomic E-state index is 5.74. The second-order valence-electron chi connectivity index (χ2n) is 5.31. The van der Waals surface area contributed by atoms with Crippen molar-refractivity contribution in [3.05, 3.63) is 0 Å². The molecule has 0 radical (unpaired) electrons. The van der Waals surface area contributed by atoms with Crippen molar-refractivity contribution < 1.29 is 4.74 Å². The van der Waals surface area contributed by atoms with Gasteiger partial charge in [0.05, 0.1) is 6.10 Å². The molecular weight excluding hydrogens is 200 g/mol. The van der Waals surface area contributed by atoms with E-state index in [1.807, 2.05) is 0 Å². The highest BCUT2D eigenvalue weighted by molar-refractivity contribution is 4.76. The van der Waals surface area contributed by atoms with Gasteiger partial charge in [0.15, 0.2) is 0 Å². The van der Waals surface area contributed by atoms with E-state index in [2.05, 4.69) is 17.3 Å². The average molecular weight is 226 g/mol. The minimum Gasteiger partial charge on any atom is -0.378 e. The Bertz CT molecular complexity index is 184. The lowest BCUT2D eigenvalue weighted by molar-refractivity contribution is 0.0109. The van der Waals surface area contributed by atoms with Crippen molar-refractivity contribution in [3.8, 4) is 0 Å². The van der Waals surface area contributed by atoms with Gasteiger partial charge in [-0.15, -0.1) is 0 Å². The highest BCUT2D eigenvalue weighted by Gasteiger charge is 2.17. The standard InChI is InChI=1S/C13H26N2O/c1-15-9-6-12(7-10-15)14-8-5-13-4-2-3-11-16-13/h12-14H,2-11H2,1H3. The Morgan fingerprint density at radius 3 is 2.69 bits per heavy atom. The van der Waals surface area contributed by atoms with Crippen LogP contribution in [0.5, 0.6) is 0 Å². The fourth-order valence-corrected chi connectivity index (χ4v) is 2.70. The first kappa shape index (κ1) is 12.3. The number of hydrogen-bond acceptors (Lipinski definition) is 3. The lowest BCUT2D eigenvalue weighted by Crippen LogP contribution is -2.41. The molecule has 0 aromatic heterocycles. The first-order chi connectivity index (χ1) is 7.84. The largest absolute Gasteiger partial charge is 0.378 e. The summed E-state index contributed by atoms with van der Waals surface area (Å²) in [6.07, 6.45) is 8.25. The number of piperidine rings is 1. The van der Waals surface area contributed by atoms with Crippen molar-refractivity contribution in [2.75, 3.05) is 33.3 Å². The molecule has 2 rings (SSSR count). The third-order valence-corrected chi connectivity index (χ3v) is 3.89. The van der Waals surface area contributed by atoms with Crippen LogP contribution in [0.1, 0.15) is 38.5 Å². The molecule has 2 aliphatic rings. The lowest BCUT2D eigenvalue weighted by atomic mass is 10.0. The van der Waals surface area contributed by atoms with Crippen molar-refractivity contribution >= 4 is 0 Å². The molecule has 0 saturated carbocycles. The van der Waals surface area contributed by atoms with Crippen LogP contribution in [0.4, 0.5) is 0 Å². The first-order valence-corrected chi connectivity index (χ1v) is 6.88. The van der Waals surface area contributed by atoms with Gasteiger partial charge in [0.25, 0.3) is 0 Å². The van der Waals surface area contributed by atoms with Gasteiger partial charge >= 0.3 is 0 Å². The van der Waals surface area contributed by atoms with Gasteiger partial charge in [-0.05, 0) is 65.2 Å². The quantitative estimate of drug-likeness (QED) is 0.788. The third kappa shape index (κ3) is 4.04. The second-order valence-corrected chi connectivity index (χ2v) is 5.31. The van der Waals surface area contributed by atoms with Crippen molar-refractivity contribution in [2.24, 2.45) is 0 Å². The fraction of sp³-hybridized carbons (Fsp3) is 1.00. The summed E-state index contributed by atoms with van der Waals surface area (Å²) in [5, 5.41) is 3.68. The van der Waals surface area contributed by atoms with E-state index >= 15 is 0 Å². The Kier molecular flexibility index (Phi) is 5.07. The number of ether oxygens (including phenoxy) is 1.